The minimum Gasteiger partial charge on any atom is -0.391 e. The van der Waals surface area contributed by atoms with Crippen LogP contribution in [0.25, 0.3) is 0 Å². The Kier molecular flexibility index (Phi) is 5.30. The summed E-state index contributed by atoms with van der Waals surface area (Å²) < 4.78 is 0. The van der Waals surface area contributed by atoms with Crippen LogP contribution in [0.3, 0.4) is 0 Å². The Bertz CT molecular complexity index is 215. The molecule has 0 aliphatic heterocycles. The smallest absolute Gasteiger partial charge is 0.0695 e. The summed E-state index contributed by atoms with van der Waals surface area (Å²) >= 11 is 0. The minimum absolute atomic E-state index is 0.0689. The van der Waals surface area contributed by atoms with Gasteiger partial charge in [0.25, 0.3) is 0 Å². The predicted molar refractivity (Wildman–Crippen MR) is 72.1 cm³/mol. The number of rotatable bonds is 5. The molecule has 2 saturated carbocycles. The van der Waals surface area contributed by atoms with Crippen LogP contribution in [-0.2, 0) is 0 Å². The van der Waals surface area contributed by atoms with E-state index in [0.29, 0.717) is 6.04 Å². The lowest BCUT2D eigenvalue weighted by molar-refractivity contribution is 0.0287. The monoisotopic (exact) mass is 239 g/mol. The Morgan fingerprint density at radius 3 is 2.35 bits per heavy atom. The van der Waals surface area contributed by atoms with Crippen LogP contribution in [0.5, 0.6) is 0 Å². The van der Waals surface area contributed by atoms with Gasteiger partial charge in [-0.2, -0.15) is 0 Å². The van der Waals surface area contributed by atoms with Gasteiger partial charge >= 0.3 is 0 Å². The van der Waals surface area contributed by atoms with Crippen molar-refractivity contribution in [2.75, 3.05) is 13.1 Å². The van der Waals surface area contributed by atoms with Crippen LogP contribution in [0.15, 0.2) is 0 Å². The molecule has 2 nitrogen and oxygen atoms in total. The van der Waals surface area contributed by atoms with Crippen molar-refractivity contribution in [1.82, 2.24) is 4.90 Å². The SMILES string of the molecule is CCCN(CC1CC1)C1CCCCCCC1O. The van der Waals surface area contributed by atoms with Gasteiger partial charge in [-0.05, 0) is 44.6 Å². The highest BCUT2D eigenvalue weighted by Gasteiger charge is 2.31. The molecule has 0 bridgehead atoms. The average molecular weight is 239 g/mol. The van der Waals surface area contributed by atoms with Gasteiger partial charge in [0.05, 0.1) is 6.10 Å². The molecular weight excluding hydrogens is 210 g/mol. The van der Waals surface area contributed by atoms with E-state index in [-0.39, 0.29) is 6.10 Å². The van der Waals surface area contributed by atoms with Gasteiger partial charge in [0, 0.05) is 12.6 Å². The van der Waals surface area contributed by atoms with Crippen molar-refractivity contribution in [3.05, 3.63) is 0 Å². The molecule has 0 aromatic rings. The largest absolute Gasteiger partial charge is 0.391 e. The number of aliphatic hydroxyl groups is 1. The maximum Gasteiger partial charge on any atom is 0.0695 e. The quantitative estimate of drug-likeness (QED) is 0.796. The maximum atomic E-state index is 10.4. The molecule has 100 valence electrons. The van der Waals surface area contributed by atoms with E-state index in [0.717, 1.165) is 12.3 Å². The van der Waals surface area contributed by atoms with Gasteiger partial charge in [-0.3, -0.25) is 4.90 Å². The van der Waals surface area contributed by atoms with E-state index in [1.165, 1.54) is 64.5 Å². The second kappa shape index (κ2) is 6.75. The normalized spacial score (nSPS) is 31.2. The zero-order valence-electron chi connectivity index (χ0n) is 11.4. The Morgan fingerprint density at radius 2 is 1.71 bits per heavy atom. The lowest BCUT2D eigenvalue weighted by Gasteiger charge is -2.36. The van der Waals surface area contributed by atoms with Crippen molar-refractivity contribution in [2.24, 2.45) is 5.92 Å². The molecule has 1 N–H and O–H groups in total. The van der Waals surface area contributed by atoms with Crippen LogP contribution in [0.1, 0.15) is 64.7 Å². The van der Waals surface area contributed by atoms with Gasteiger partial charge in [0.2, 0.25) is 0 Å². The maximum absolute atomic E-state index is 10.4. The summed E-state index contributed by atoms with van der Waals surface area (Å²) in [5.41, 5.74) is 0. The Hall–Kier alpha value is -0.0800. The molecule has 2 aliphatic carbocycles. The van der Waals surface area contributed by atoms with Gasteiger partial charge < -0.3 is 5.11 Å². The fourth-order valence-electron chi connectivity index (χ4n) is 3.18. The molecule has 2 atom stereocenters. The van der Waals surface area contributed by atoms with Crippen molar-refractivity contribution < 1.29 is 5.11 Å². The third-order valence-corrected chi connectivity index (χ3v) is 4.36. The van der Waals surface area contributed by atoms with Gasteiger partial charge in [0.1, 0.15) is 0 Å². The molecular formula is C15H29NO. The molecule has 0 amide bonds. The molecule has 0 aromatic heterocycles. The van der Waals surface area contributed by atoms with E-state index < -0.39 is 0 Å². The van der Waals surface area contributed by atoms with Crippen molar-refractivity contribution in [1.29, 1.82) is 0 Å². The number of nitrogens with zero attached hydrogens (tertiary/aromatic N) is 1. The number of hydrogen-bond donors (Lipinski definition) is 1. The Morgan fingerprint density at radius 1 is 1.00 bits per heavy atom. The zero-order valence-corrected chi connectivity index (χ0v) is 11.4. The summed E-state index contributed by atoms with van der Waals surface area (Å²) in [5.74, 6) is 0.944. The van der Waals surface area contributed by atoms with Crippen molar-refractivity contribution >= 4 is 0 Å². The molecule has 2 aliphatic rings. The molecule has 0 saturated heterocycles. The summed E-state index contributed by atoms with van der Waals surface area (Å²) in [7, 11) is 0. The highest BCUT2D eigenvalue weighted by Crippen LogP contribution is 2.32. The third kappa shape index (κ3) is 4.26. The third-order valence-electron chi connectivity index (χ3n) is 4.36. The number of hydrogen-bond acceptors (Lipinski definition) is 2. The van der Waals surface area contributed by atoms with E-state index in [9.17, 15) is 5.11 Å². The first-order chi connectivity index (χ1) is 8.31. The molecule has 17 heavy (non-hydrogen) atoms. The van der Waals surface area contributed by atoms with Crippen LogP contribution in [0, 0.1) is 5.92 Å². The van der Waals surface area contributed by atoms with E-state index >= 15 is 0 Å². The summed E-state index contributed by atoms with van der Waals surface area (Å²) in [4.78, 5) is 2.60. The molecule has 0 spiro atoms. The zero-order chi connectivity index (χ0) is 12.1. The van der Waals surface area contributed by atoms with Crippen LogP contribution < -0.4 is 0 Å². The highest BCUT2D eigenvalue weighted by molar-refractivity contribution is 4.85. The first-order valence-corrected chi connectivity index (χ1v) is 7.73. The summed E-state index contributed by atoms with van der Waals surface area (Å²) in [5, 5.41) is 10.4. The van der Waals surface area contributed by atoms with Crippen molar-refractivity contribution in [3.63, 3.8) is 0 Å². The fourth-order valence-corrected chi connectivity index (χ4v) is 3.18. The van der Waals surface area contributed by atoms with Crippen LogP contribution >= 0.6 is 0 Å². The van der Waals surface area contributed by atoms with Gasteiger partial charge in [0.15, 0.2) is 0 Å². The topological polar surface area (TPSA) is 23.5 Å². The Balaban J connectivity index is 1.91. The summed E-state index contributed by atoms with van der Waals surface area (Å²) in [6, 6.07) is 0.454. The second-order valence-corrected chi connectivity index (χ2v) is 6.06. The highest BCUT2D eigenvalue weighted by atomic mass is 16.3. The van der Waals surface area contributed by atoms with Crippen LogP contribution in [0.2, 0.25) is 0 Å². The molecule has 0 radical (unpaired) electrons. The fraction of sp³-hybridized carbons (Fsp3) is 1.00. The second-order valence-electron chi connectivity index (χ2n) is 6.06. The molecule has 2 rings (SSSR count). The molecule has 2 unspecified atom stereocenters. The lowest BCUT2D eigenvalue weighted by Crippen LogP contribution is -2.45. The van der Waals surface area contributed by atoms with Gasteiger partial charge in [-0.15, -0.1) is 0 Å². The summed E-state index contributed by atoms with van der Waals surface area (Å²) in [6.07, 6.45) is 11.5. The standard InChI is InChI=1S/C15H29NO/c1-2-11-16(12-13-9-10-13)14-7-5-3-4-6-8-15(14)17/h13-15,17H,2-12H2,1H3. The molecule has 0 heterocycles. The van der Waals surface area contributed by atoms with Crippen molar-refractivity contribution in [2.45, 2.75) is 76.9 Å². The molecule has 2 heteroatoms. The van der Waals surface area contributed by atoms with E-state index in [1.54, 1.807) is 0 Å². The van der Waals surface area contributed by atoms with E-state index in [4.69, 9.17) is 0 Å². The van der Waals surface area contributed by atoms with E-state index in [2.05, 4.69) is 11.8 Å². The van der Waals surface area contributed by atoms with Crippen LogP contribution in [-0.4, -0.2) is 35.2 Å². The van der Waals surface area contributed by atoms with Gasteiger partial charge in [-0.25, -0.2) is 0 Å². The summed E-state index contributed by atoms with van der Waals surface area (Å²) in [6.45, 7) is 4.68. The van der Waals surface area contributed by atoms with E-state index in [1.807, 2.05) is 0 Å². The predicted octanol–water partition coefficient (Wildman–Crippen LogP) is 3.19. The number of aliphatic hydroxyl groups excluding tert-OH is 1. The van der Waals surface area contributed by atoms with Crippen molar-refractivity contribution in [3.8, 4) is 0 Å². The Labute approximate surface area is 106 Å². The van der Waals surface area contributed by atoms with Crippen LogP contribution in [0.4, 0.5) is 0 Å². The van der Waals surface area contributed by atoms with Gasteiger partial charge in [-0.1, -0.05) is 32.6 Å². The molecule has 0 aromatic carbocycles. The minimum atomic E-state index is -0.0689. The first kappa shape index (κ1) is 13.4. The molecule has 2 fully saturated rings. The first-order valence-electron chi connectivity index (χ1n) is 7.73. The average Bonchev–Trinajstić information content (AvgIpc) is 3.08. The lowest BCUT2D eigenvalue weighted by atomic mass is 9.93.